The SMILES string of the molecule is CC1(C)CC(Oc2ccccc2C#N)C(C)(C)O1. The number of para-hydroxylation sites is 1. The lowest BCUT2D eigenvalue weighted by molar-refractivity contribution is -0.0846. The molecule has 1 aromatic rings. The Balaban J connectivity index is 2.22. The van der Waals surface area contributed by atoms with Crippen LogP contribution in [0.5, 0.6) is 5.75 Å². The largest absolute Gasteiger partial charge is 0.486 e. The molecule has 1 unspecified atom stereocenters. The molecule has 0 radical (unpaired) electrons. The second-order valence-electron chi connectivity index (χ2n) is 5.88. The molecule has 1 saturated heterocycles. The minimum absolute atomic E-state index is 0.0398. The van der Waals surface area contributed by atoms with Gasteiger partial charge >= 0.3 is 0 Å². The van der Waals surface area contributed by atoms with Crippen molar-refractivity contribution in [1.29, 1.82) is 5.26 Å². The van der Waals surface area contributed by atoms with E-state index in [1.165, 1.54) is 0 Å². The van der Waals surface area contributed by atoms with Gasteiger partial charge in [0.05, 0.1) is 11.2 Å². The first-order chi connectivity index (χ1) is 8.34. The normalized spacial score (nSPS) is 24.5. The van der Waals surface area contributed by atoms with Gasteiger partial charge in [-0.1, -0.05) is 12.1 Å². The first-order valence-electron chi connectivity index (χ1n) is 6.20. The zero-order valence-corrected chi connectivity index (χ0v) is 11.4. The van der Waals surface area contributed by atoms with E-state index in [0.29, 0.717) is 11.3 Å². The van der Waals surface area contributed by atoms with Crippen molar-refractivity contribution in [3.8, 4) is 11.8 Å². The van der Waals surface area contributed by atoms with E-state index in [4.69, 9.17) is 14.7 Å². The van der Waals surface area contributed by atoms with Crippen molar-refractivity contribution < 1.29 is 9.47 Å². The third kappa shape index (κ3) is 2.49. The van der Waals surface area contributed by atoms with Crippen LogP contribution in [0, 0.1) is 11.3 Å². The highest BCUT2D eigenvalue weighted by Crippen LogP contribution is 2.39. The molecule has 1 heterocycles. The summed E-state index contributed by atoms with van der Waals surface area (Å²) < 4.78 is 12.0. The van der Waals surface area contributed by atoms with Crippen LogP contribution in [0.4, 0.5) is 0 Å². The van der Waals surface area contributed by atoms with Gasteiger partial charge in [0.25, 0.3) is 0 Å². The van der Waals surface area contributed by atoms with Gasteiger partial charge in [0.15, 0.2) is 0 Å². The maximum absolute atomic E-state index is 9.06. The van der Waals surface area contributed by atoms with Crippen LogP contribution < -0.4 is 4.74 Å². The van der Waals surface area contributed by atoms with E-state index in [9.17, 15) is 0 Å². The Morgan fingerprint density at radius 2 is 1.94 bits per heavy atom. The van der Waals surface area contributed by atoms with Gasteiger partial charge in [0, 0.05) is 6.42 Å². The van der Waals surface area contributed by atoms with Crippen LogP contribution in [-0.2, 0) is 4.74 Å². The zero-order valence-electron chi connectivity index (χ0n) is 11.4. The molecule has 0 saturated carbocycles. The number of hydrogen-bond acceptors (Lipinski definition) is 3. The molecule has 3 heteroatoms. The van der Waals surface area contributed by atoms with Gasteiger partial charge < -0.3 is 9.47 Å². The molecule has 1 aliphatic heterocycles. The summed E-state index contributed by atoms with van der Waals surface area (Å²) >= 11 is 0. The molecular formula is C15H19NO2. The van der Waals surface area contributed by atoms with Crippen LogP contribution in [0.2, 0.25) is 0 Å². The second-order valence-corrected chi connectivity index (χ2v) is 5.88. The van der Waals surface area contributed by atoms with Gasteiger partial charge in [-0.25, -0.2) is 0 Å². The average Bonchev–Trinajstić information content (AvgIpc) is 2.47. The van der Waals surface area contributed by atoms with Gasteiger partial charge in [0.1, 0.15) is 23.5 Å². The lowest BCUT2D eigenvalue weighted by Gasteiger charge is -2.27. The zero-order chi connectivity index (χ0) is 13.4. The summed E-state index contributed by atoms with van der Waals surface area (Å²) in [5.74, 6) is 0.638. The Morgan fingerprint density at radius 3 is 2.50 bits per heavy atom. The van der Waals surface area contributed by atoms with Crippen LogP contribution in [0.1, 0.15) is 39.7 Å². The summed E-state index contributed by atoms with van der Waals surface area (Å²) in [5.41, 5.74) is 0.0416. The van der Waals surface area contributed by atoms with Crippen molar-refractivity contribution in [3.63, 3.8) is 0 Å². The summed E-state index contributed by atoms with van der Waals surface area (Å²) in [7, 11) is 0. The Hall–Kier alpha value is -1.53. The molecular weight excluding hydrogens is 226 g/mol. The van der Waals surface area contributed by atoms with Gasteiger partial charge in [-0.05, 0) is 39.8 Å². The Bertz CT molecular complexity index is 486. The van der Waals surface area contributed by atoms with E-state index in [2.05, 4.69) is 19.9 Å². The van der Waals surface area contributed by atoms with Crippen LogP contribution >= 0.6 is 0 Å². The molecule has 1 aromatic carbocycles. The van der Waals surface area contributed by atoms with Gasteiger partial charge in [0.2, 0.25) is 0 Å². The molecule has 0 aromatic heterocycles. The predicted octanol–water partition coefficient (Wildman–Crippen LogP) is 3.28. The van der Waals surface area contributed by atoms with Crippen molar-refractivity contribution >= 4 is 0 Å². The van der Waals surface area contributed by atoms with Crippen LogP contribution in [0.3, 0.4) is 0 Å². The smallest absolute Gasteiger partial charge is 0.137 e. The summed E-state index contributed by atoms with van der Waals surface area (Å²) in [6.07, 6.45) is 0.779. The highest BCUT2D eigenvalue weighted by molar-refractivity contribution is 5.42. The highest BCUT2D eigenvalue weighted by Gasteiger charge is 2.47. The molecule has 18 heavy (non-hydrogen) atoms. The van der Waals surface area contributed by atoms with E-state index in [-0.39, 0.29) is 17.3 Å². The monoisotopic (exact) mass is 245 g/mol. The molecule has 2 rings (SSSR count). The number of rotatable bonds is 2. The maximum Gasteiger partial charge on any atom is 0.137 e. The van der Waals surface area contributed by atoms with E-state index < -0.39 is 0 Å². The maximum atomic E-state index is 9.06. The van der Waals surface area contributed by atoms with Crippen LogP contribution in [-0.4, -0.2) is 17.3 Å². The number of hydrogen-bond donors (Lipinski definition) is 0. The standard InChI is InChI=1S/C15H19NO2/c1-14(2)9-13(15(3,4)18-14)17-12-8-6-5-7-11(12)10-16/h5-8,13H,9H2,1-4H3. The van der Waals surface area contributed by atoms with Gasteiger partial charge in [-0.15, -0.1) is 0 Å². The summed E-state index contributed by atoms with van der Waals surface area (Å²) in [6.45, 7) is 8.19. The van der Waals surface area contributed by atoms with Crippen molar-refractivity contribution in [3.05, 3.63) is 29.8 Å². The lowest BCUT2D eigenvalue weighted by Crippen LogP contribution is -2.36. The van der Waals surface area contributed by atoms with Crippen molar-refractivity contribution in [2.75, 3.05) is 0 Å². The van der Waals surface area contributed by atoms with Gasteiger partial charge in [-0.2, -0.15) is 5.26 Å². The van der Waals surface area contributed by atoms with Crippen molar-refractivity contribution in [1.82, 2.24) is 0 Å². The number of nitriles is 1. The van der Waals surface area contributed by atoms with Gasteiger partial charge in [-0.3, -0.25) is 0 Å². The van der Waals surface area contributed by atoms with Crippen LogP contribution in [0.15, 0.2) is 24.3 Å². The summed E-state index contributed by atoms with van der Waals surface area (Å²) in [4.78, 5) is 0. The number of ether oxygens (including phenoxy) is 2. The molecule has 1 fully saturated rings. The third-order valence-electron chi connectivity index (χ3n) is 3.27. The Morgan fingerprint density at radius 1 is 1.28 bits per heavy atom. The molecule has 3 nitrogen and oxygen atoms in total. The molecule has 0 amide bonds. The topological polar surface area (TPSA) is 42.2 Å². The molecule has 0 aliphatic carbocycles. The average molecular weight is 245 g/mol. The second kappa shape index (κ2) is 4.29. The molecule has 1 atom stereocenters. The fourth-order valence-corrected chi connectivity index (χ4v) is 2.51. The highest BCUT2D eigenvalue weighted by atomic mass is 16.6. The summed E-state index contributed by atoms with van der Waals surface area (Å²) in [5, 5.41) is 9.06. The first kappa shape index (κ1) is 12.9. The fourth-order valence-electron chi connectivity index (χ4n) is 2.51. The Kier molecular flexibility index (Phi) is 3.08. The lowest BCUT2D eigenvalue weighted by atomic mass is 9.97. The molecule has 1 aliphatic rings. The molecule has 0 bridgehead atoms. The van der Waals surface area contributed by atoms with E-state index >= 15 is 0 Å². The molecule has 0 N–H and O–H groups in total. The summed E-state index contributed by atoms with van der Waals surface area (Å²) in [6, 6.07) is 9.47. The first-order valence-corrected chi connectivity index (χ1v) is 6.20. The van der Waals surface area contributed by atoms with E-state index in [1.807, 2.05) is 32.0 Å². The van der Waals surface area contributed by atoms with Crippen molar-refractivity contribution in [2.45, 2.75) is 51.4 Å². The van der Waals surface area contributed by atoms with E-state index in [1.54, 1.807) is 6.07 Å². The van der Waals surface area contributed by atoms with Crippen LogP contribution in [0.25, 0.3) is 0 Å². The Labute approximate surface area is 108 Å². The number of benzene rings is 1. The number of nitrogens with zero attached hydrogens (tertiary/aromatic N) is 1. The quantitative estimate of drug-likeness (QED) is 0.803. The van der Waals surface area contributed by atoms with Crippen molar-refractivity contribution in [2.24, 2.45) is 0 Å². The van der Waals surface area contributed by atoms with E-state index in [0.717, 1.165) is 6.42 Å². The fraction of sp³-hybridized carbons (Fsp3) is 0.533. The minimum Gasteiger partial charge on any atom is -0.486 e. The molecule has 96 valence electrons. The molecule has 0 spiro atoms. The third-order valence-corrected chi connectivity index (χ3v) is 3.27. The predicted molar refractivity (Wildman–Crippen MR) is 69.4 cm³/mol. The minimum atomic E-state index is -0.341.